The molecule has 16 heavy (non-hydrogen) atoms. The summed E-state index contributed by atoms with van der Waals surface area (Å²) in [5, 5.41) is 1.29. The van der Waals surface area contributed by atoms with E-state index in [2.05, 4.69) is 37.3 Å². The summed E-state index contributed by atoms with van der Waals surface area (Å²) in [7, 11) is 0. The molecule has 1 aliphatic rings. The third kappa shape index (κ3) is 1.60. The highest BCUT2D eigenvalue weighted by atomic mass is 14.7. The quantitative estimate of drug-likeness (QED) is 0.700. The number of hydrogen-bond acceptors (Lipinski definition) is 1. The summed E-state index contributed by atoms with van der Waals surface area (Å²) in [6.07, 6.45) is 5.00. The molecule has 2 aromatic rings. The minimum Gasteiger partial charge on any atom is -0.253 e. The Balaban J connectivity index is 2.10. The zero-order chi connectivity index (χ0) is 11.0. The van der Waals surface area contributed by atoms with Gasteiger partial charge in [-0.15, -0.1) is 0 Å². The standard InChI is InChI=1S/C15H17N/c1-2-11-7-8-15-13(9-11)10-12-5-3-4-6-14(12)16-15/h3-6,10-11H,2,7-9H2,1H3. The molecule has 0 saturated carbocycles. The van der Waals surface area contributed by atoms with Crippen LogP contribution in [-0.2, 0) is 12.8 Å². The average molecular weight is 211 g/mol. The molecule has 1 unspecified atom stereocenters. The van der Waals surface area contributed by atoms with Gasteiger partial charge in [0.15, 0.2) is 0 Å². The van der Waals surface area contributed by atoms with E-state index in [9.17, 15) is 0 Å². The second-order valence-electron chi connectivity index (χ2n) is 4.80. The van der Waals surface area contributed by atoms with Gasteiger partial charge in [0.25, 0.3) is 0 Å². The van der Waals surface area contributed by atoms with Crippen LogP contribution in [0, 0.1) is 5.92 Å². The third-order valence-corrected chi connectivity index (χ3v) is 3.77. The van der Waals surface area contributed by atoms with Crippen LogP contribution in [0.25, 0.3) is 10.9 Å². The Hall–Kier alpha value is -1.37. The molecule has 3 rings (SSSR count). The number of benzene rings is 1. The lowest BCUT2D eigenvalue weighted by molar-refractivity contribution is 0.441. The van der Waals surface area contributed by atoms with Gasteiger partial charge < -0.3 is 0 Å². The zero-order valence-corrected chi connectivity index (χ0v) is 9.74. The molecule has 0 fully saturated rings. The number of hydrogen-bond donors (Lipinski definition) is 0. The van der Waals surface area contributed by atoms with Gasteiger partial charge in [0.2, 0.25) is 0 Å². The largest absolute Gasteiger partial charge is 0.253 e. The van der Waals surface area contributed by atoms with E-state index in [0.29, 0.717) is 0 Å². The number of para-hydroxylation sites is 1. The van der Waals surface area contributed by atoms with Crippen LogP contribution in [0.15, 0.2) is 30.3 Å². The fraction of sp³-hybridized carbons (Fsp3) is 0.400. The van der Waals surface area contributed by atoms with E-state index < -0.39 is 0 Å². The van der Waals surface area contributed by atoms with Crippen molar-refractivity contribution < 1.29 is 0 Å². The summed E-state index contributed by atoms with van der Waals surface area (Å²) < 4.78 is 0. The SMILES string of the molecule is CCC1CCc2nc3ccccc3cc2C1. The van der Waals surface area contributed by atoms with Crippen LogP contribution < -0.4 is 0 Å². The third-order valence-electron chi connectivity index (χ3n) is 3.77. The topological polar surface area (TPSA) is 12.9 Å². The van der Waals surface area contributed by atoms with Gasteiger partial charge >= 0.3 is 0 Å². The first-order chi connectivity index (χ1) is 7.86. The lowest BCUT2D eigenvalue weighted by atomic mass is 9.84. The summed E-state index contributed by atoms with van der Waals surface area (Å²) in [5.74, 6) is 0.871. The van der Waals surface area contributed by atoms with Crippen LogP contribution in [0.1, 0.15) is 31.0 Å². The van der Waals surface area contributed by atoms with Crippen LogP contribution in [0.4, 0.5) is 0 Å². The fourth-order valence-electron chi connectivity index (χ4n) is 2.70. The number of fused-ring (bicyclic) bond motifs is 2. The summed E-state index contributed by atoms with van der Waals surface area (Å²) in [5.41, 5.74) is 3.97. The molecular formula is C15H17N. The van der Waals surface area contributed by atoms with Crippen LogP contribution in [0.2, 0.25) is 0 Å². The number of nitrogens with zero attached hydrogens (tertiary/aromatic N) is 1. The van der Waals surface area contributed by atoms with E-state index in [-0.39, 0.29) is 0 Å². The number of aryl methyl sites for hydroxylation is 1. The molecule has 0 saturated heterocycles. The molecule has 0 amide bonds. The molecule has 1 aromatic carbocycles. The second kappa shape index (κ2) is 3.89. The Morgan fingerprint density at radius 1 is 1.31 bits per heavy atom. The molecule has 0 N–H and O–H groups in total. The molecule has 1 nitrogen and oxygen atoms in total. The molecule has 1 heteroatoms. The highest BCUT2D eigenvalue weighted by molar-refractivity contribution is 5.79. The van der Waals surface area contributed by atoms with Crippen molar-refractivity contribution in [2.24, 2.45) is 5.92 Å². The van der Waals surface area contributed by atoms with Gasteiger partial charge in [-0.1, -0.05) is 31.5 Å². The molecule has 0 bridgehead atoms. The molecule has 0 radical (unpaired) electrons. The van der Waals surface area contributed by atoms with E-state index in [1.807, 2.05) is 0 Å². The van der Waals surface area contributed by atoms with E-state index in [0.717, 1.165) is 11.4 Å². The normalized spacial score (nSPS) is 19.7. The first-order valence-corrected chi connectivity index (χ1v) is 6.24. The van der Waals surface area contributed by atoms with Crippen molar-refractivity contribution in [2.75, 3.05) is 0 Å². The van der Waals surface area contributed by atoms with Gasteiger partial charge in [0.1, 0.15) is 0 Å². The lowest BCUT2D eigenvalue weighted by Gasteiger charge is -2.23. The minimum atomic E-state index is 0.871. The van der Waals surface area contributed by atoms with Crippen molar-refractivity contribution in [3.8, 4) is 0 Å². The second-order valence-corrected chi connectivity index (χ2v) is 4.80. The van der Waals surface area contributed by atoms with Gasteiger partial charge in [-0.3, -0.25) is 4.98 Å². The number of pyridine rings is 1. The Bertz CT molecular complexity index is 516. The van der Waals surface area contributed by atoms with Gasteiger partial charge in [-0.25, -0.2) is 0 Å². The Kier molecular flexibility index (Phi) is 2.39. The van der Waals surface area contributed by atoms with Crippen LogP contribution in [-0.4, -0.2) is 4.98 Å². The van der Waals surface area contributed by atoms with Crippen molar-refractivity contribution in [1.82, 2.24) is 4.98 Å². The number of aromatic nitrogens is 1. The predicted molar refractivity (Wildman–Crippen MR) is 67.5 cm³/mol. The zero-order valence-electron chi connectivity index (χ0n) is 9.74. The average Bonchev–Trinajstić information content (AvgIpc) is 2.35. The minimum absolute atomic E-state index is 0.871. The van der Waals surface area contributed by atoms with Crippen LogP contribution in [0.5, 0.6) is 0 Å². The van der Waals surface area contributed by atoms with E-state index >= 15 is 0 Å². The van der Waals surface area contributed by atoms with Gasteiger partial charge in [0.05, 0.1) is 5.52 Å². The summed E-state index contributed by atoms with van der Waals surface area (Å²) in [6, 6.07) is 10.8. The van der Waals surface area contributed by atoms with Crippen LogP contribution >= 0.6 is 0 Å². The molecule has 82 valence electrons. The fourth-order valence-corrected chi connectivity index (χ4v) is 2.70. The van der Waals surface area contributed by atoms with Crippen LogP contribution in [0.3, 0.4) is 0 Å². The summed E-state index contributed by atoms with van der Waals surface area (Å²) in [4.78, 5) is 4.78. The van der Waals surface area contributed by atoms with Crippen molar-refractivity contribution in [1.29, 1.82) is 0 Å². The highest BCUT2D eigenvalue weighted by Gasteiger charge is 2.18. The Morgan fingerprint density at radius 3 is 3.06 bits per heavy atom. The maximum atomic E-state index is 4.78. The van der Waals surface area contributed by atoms with Gasteiger partial charge in [-0.05, 0) is 42.9 Å². The molecule has 1 aromatic heterocycles. The predicted octanol–water partition coefficient (Wildman–Crippen LogP) is 3.75. The van der Waals surface area contributed by atoms with Gasteiger partial charge in [0, 0.05) is 11.1 Å². The molecule has 0 spiro atoms. The first-order valence-electron chi connectivity index (χ1n) is 6.24. The van der Waals surface area contributed by atoms with E-state index in [1.54, 1.807) is 0 Å². The van der Waals surface area contributed by atoms with E-state index in [1.165, 1.54) is 42.3 Å². The van der Waals surface area contributed by atoms with Crippen molar-refractivity contribution in [2.45, 2.75) is 32.6 Å². The van der Waals surface area contributed by atoms with Gasteiger partial charge in [-0.2, -0.15) is 0 Å². The van der Waals surface area contributed by atoms with Crippen molar-refractivity contribution in [3.63, 3.8) is 0 Å². The molecule has 1 heterocycles. The molecular weight excluding hydrogens is 194 g/mol. The smallest absolute Gasteiger partial charge is 0.0705 e. The summed E-state index contributed by atoms with van der Waals surface area (Å²) in [6.45, 7) is 2.30. The van der Waals surface area contributed by atoms with Crippen molar-refractivity contribution in [3.05, 3.63) is 41.6 Å². The number of rotatable bonds is 1. The molecule has 0 aliphatic heterocycles. The molecule has 1 atom stereocenters. The molecule has 1 aliphatic carbocycles. The monoisotopic (exact) mass is 211 g/mol. The maximum Gasteiger partial charge on any atom is 0.0705 e. The van der Waals surface area contributed by atoms with Crippen molar-refractivity contribution >= 4 is 10.9 Å². The highest BCUT2D eigenvalue weighted by Crippen LogP contribution is 2.28. The Morgan fingerprint density at radius 2 is 2.19 bits per heavy atom. The lowest BCUT2D eigenvalue weighted by Crippen LogP contribution is -2.14. The Labute approximate surface area is 96.5 Å². The maximum absolute atomic E-state index is 4.78. The first kappa shape index (κ1) is 9.83. The van der Waals surface area contributed by atoms with E-state index in [4.69, 9.17) is 4.98 Å². The summed E-state index contributed by atoms with van der Waals surface area (Å²) >= 11 is 0.